The number of fused-ring (bicyclic) bond motifs is 1. The molecule has 2 aliphatic heterocycles. The van der Waals surface area contributed by atoms with Gasteiger partial charge in [0, 0.05) is 18.5 Å². The van der Waals surface area contributed by atoms with E-state index in [9.17, 15) is 9.90 Å². The number of hydrogen-bond acceptors (Lipinski definition) is 5. The summed E-state index contributed by atoms with van der Waals surface area (Å²) in [5.74, 6) is 0.723. The van der Waals surface area contributed by atoms with Crippen LogP contribution in [0.4, 0.5) is 0 Å². The average Bonchev–Trinajstić information content (AvgIpc) is 2.72. The third-order valence-corrected chi connectivity index (χ3v) is 6.82. The van der Waals surface area contributed by atoms with E-state index in [1.165, 1.54) is 19.3 Å². The lowest BCUT2D eigenvalue weighted by atomic mass is 9.72. The molecule has 28 heavy (non-hydrogen) atoms. The fourth-order valence-electron chi connectivity index (χ4n) is 5.03. The Morgan fingerprint density at radius 1 is 1.18 bits per heavy atom. The Hall–Kier alpha value is -1.85. The first-order valence-corrected chi connectivity index (χ1v) is 10.5. The second-order valence-corrected chi connectivity index (χ2v) is 8.48. The van der Waals surface area contributed by atoms with E-state index in [-0.39, 0.29) is 23.7 Å². The van der Waals surface area contributed by atoms with Crippen LogP contribution in [-0.4, -0.2) is 54.2 Å². The normalized spacial score (nSPS) is 33.6. The molecule has 0 amide bonds. The Labute approximate surface area is 167 Å². The zero-order valence-electron chi connectivity index (χ0n) is 16.8. The number of allylic oxidation sites excluding steroid dienone is 1. The summed E-state index contributed by atoms with van der Waals surface area (Å²) in [5.41, 5.74) is 1.49. The summed E-state index contributed by atoms with van der Waals surface area (Å²) in [6.07, 6.45) is 6.03. The van der Waals surface area contributed by atoms with E-state index in [0.29, 0.717) is 24.5 Å². The molecule has 1 N–H and O–H groups in total. The van der Waals surface area contributed by atoms with Crippen LogP contribution in [0.3, 0.4) is 0 Å². The summed E-state index contributed by atoms with van der Waals surface area (Å²) < 4.78 is 11.3. The third kappa shape index (κ3) is 3.70. The van der Waals surface area contributed by atoms with Crippen LogP contribution in [0.1, 0.15) is 44.6 Å². The Bertz CT molecular complexity index is 729. The fourth-order valence-corrected chi connectivity index (χ4v) is 5.03. The molecule has 0 aromatic heterocycles. The molecule has 0 spiro atoms. The Morgan fingerprint density at radius 2 is 1.96 bits per heavy atom. The summed E-state index contributed by atoms with van der Waals surface area (Å²) in [4.78, 5) is 15.7. The minimum atomic E-state index is -0.404. The monoisotopic (exact) mass is 385 g/mol. The Kier molecular flexibility index (Phi) is 5.74. The van der Waals surface area contributed by atoms with Gasteiger partial charge in [-0.15, -0.1) is 0 Å². The predicted octanol–water partition coefficient (Wildman–Crippen LogP) is 3.27. The molecule has 5 nitrogen and oxygen atoms in total. The maximum absolute atomic E-state index is 13.2. The molecule has 2 heterocycles. The summed E-state index contributed by atoms with van der Waals surface area (Å²) in [7, 11) is 1.63. The van der Waals surface area contributed by atoms with E-state index in [2.05, 4.69) is 11.8 Å². The third-order valence-electron chi connectivity index (χ3n) is 6.82. The Morgan fingerprint density at radius 3 is 2.68 bits per heavy atom. The van der Waals surface area contributed by atoms with Gasteiger partial charge >= 0.3 is 0 Å². The second kappa shape index (κ2) is 8.26. The zero-order chi connectivity index (χ0) is 19.7. The lowest BCUT2D eigenvalue weighted by Crippen LogP contribution is -2.53. The average molecular weight is 386 g/mol. The van der Waals surface area contributed by atoms with E-state index in [4.69, 9.17) is 9.47 Å². The molecule has 1 saturated heterocycles. The van der Waals surface area contributed by atoms with Crippen LogP contribution in [-0.2, 0) is 9.53 Å². The number of carbonyl (C=O) groups excluding carboxylic acids is 1. The molecule has 0 bridgehead atoms. The Balaban J connectivity index is 1.53. The number of ketones is 1. The number of aliphatic hydroxyl groups excluding tert-OH is 1. The highest BCUT2D eigenvalue weighted by Gasteiger charge is 2.47. The van der Waals surface area contributed by atoms with E-state index >= 15 is 0 Å². The SMILES string of the molecule is COc1ccc(C2=COC3C(CCC(O)C3CN3CCCCC3C)C2=O)cc1. The van der Waals surface area contributed by atoms with E-state index < -0.39 is 6.10 Å². The van der Waals surface area contributed by atoms with Crippen molar-refractivity contribution in [1.82, 2.24) is 4.90 Å². The number of rotatable bonds is 4. The topological polar surface area (TPSA) is 59.0 Å². The minimum Gasteiger partial charge on any atom is -0.497 e. The first kappa shape index (κ1) is 19.5. The van der Waals surface area contributed by atoms with Crippen LogP contribution in [0.15, 0.2) is 30.5 Å². The number of aliphatic hydroxyl groups is 1. The molecule has 1 aliphatic carbocycles. The molecule has 5 atom stereocenters. The maximum atomic E-state index is 13.2. The molecule has 1 aromatic rings. The number of methoxy groups -OCH3 is 1. The standard InChI is InChI=1S/C23H31NO4/c1-15-5-3-4-12-24(15)13-19-21(25)11-10-18-22(26)20(14-28-23(18)19)16-6-8-17(27-2)9-7-16/h6-9,14-15,18-19,21,23,25H,3-5,10-13H2,1-2H3. The summed E-state index contributed by atoms with van der Waals surface area (Å²) in [5, 5.41) is 10.7. The predicted molar refractivity (Wildman–Crippen MR) is 108 cm³/mol. The lowest BCUT2D eigenvalue weighted by Gasteiger charge is -2.45. The minimum absolute atomic E-state index is 0.0167. The largest absolute Gasteiger partial charge is 0.497 e. The summed E-state index contributed by atoms with van der Waals surface area (Å²) in [6, 6.07) is 8.06. The van der Waals surface area contributed by atoms with Crippen molar-refractivity contribution in [2.45, 2.75) is 57.3 Å². The van der Waals surface area contributed by atoms with Crippen molar-refractivity contribution >= 4 is 11.4 Å². The molecular weight excluding hydrogens is 354 g/mol. The van der Waals surface area contributed by atoms with Crippen molar-refractivity contribution < 1.29 is 19.4 Å². The molecule has 5 heteroatoms. The van der Waals surface area contributed by atoms with Gasteiger partial charge in [0.25, 0.3) is 0 Å². The van der Waals surface area contributed by atoms with Crippen LogP contribution < -0.4 is 4.74 Å². The van der Waals surface area contributed by atoms with Gasteiger partial charge in [0.05, 0.1) is 31.0 Å². The van der Waals surface area contributed by atoms with Gasteiger partial charge in [0.2, 0.25) is 0 Å². The van der Waals surface area contributed by atoms with Gasteiger partial charge < -0.3 is 19.5 Å². The van der Waals surface area contributed by atoms with Crippen LogP contribution in [0, 0.1) is 11.8 Å². The number of nitrogens with zero attached hydrogens (tertiary/aromatic N) is 1. The molecule has 0 radical (unpaired) electrons. The van der Waals surface area contributed by atoms with E-state index in [1.807, 2.05) is 24.3 Å². The van der Waals surface area contributed by atoms with Crippen molar-refractivity contribution in [2.75, 3.05) is 20.2 Å². The van der Waals surface area contributed by atoms with Crippen molar-refractivity contribution in [1.29, 1.82) is 0 Å². The van der Waals surface area contributed by atoms with Crippen LogP contribution in [0.25, 0.3) is 5.57 Å². The highest BCUT2D eigenvalue weighted by Crippen LogP contribution is 2.40. The van der Waals surface area contributed by atoms with Gasteiger partial charge in [-0.05, 0) is 56.8 Å². The molecule has 152 valence electrons. The highest BCUT2D eigenvalue weighted by atomic mass is 16.5. The fraction of sp³-hybridized carbons (Fsp3) is 0.609. The van der Waals surface area contributed by atoms with Crippen LogP contribution >= 0.6 is 0 Å². The number of ether oxygens (including phenoxy) is 2. The smallest absolute Gasteiger partial charge is 0.173 e. The van der Waals surface area contributed by atoms with Crippen molar-refractivity contribution in [3.63, 3.8) is 0 Å². The van der Waals surface area contributed by atoms with Gasteiger partial charge in [0.15, 0.2) is 5.78 Å². The van der Waals surface area contributed by atoms with Crippen molar-refractivity contribution in [2.24, 2.45) is 11.8 Å². The van der Waals surface area contributed by atoms with E-state index in [1.54, 1.807) is 13.4 Å². The second-order valence-electron chi connectivity index (χ2n) is 8.48. The quantitative estimate of drug-likeness (QED) is 0.862. The molecular formula is C23H31NO4. The molecule has 5 unspecified atom stereocenters. The maximum Gasteiger partial charge on any atom is 0.173 e. The first-order chi connectivity index (χ1) is 13.6. The van der Waals surface area contributed by atoms with Gasteiger partial charge in [-0.25, -0.2) is 0 Å². The van der Waals surface area contributed by atoms with Gasteiger partial charge in [-0.3, -0.25) is 4.79 Å². The number of Topliss-reactive ketones (excluding diaryl/α,β-unsaturated/α-hetero) is 1. The summed E-state index contributed by atoms with van der Waals surface area (Å²) in [6.45, 7) is 4.14. The first-order valence-electron chi connectivity index (χ1n) is 10.5. The van der Waals surface area contributed by atoms with Crippen LogP contribution in [0.2, 0.25) is 0 Å². The van der Waals surface area contributed by atoms with Crippen molar-refractivity contribution in [3.05, 3.63) is 36.1 Å². The number of carbonyl (C=O) groups is 1. The number of benzene rings is 1. The highest BCUT2D eigenvalue weighted by molar-refractivity contribution is 6.22. The molecule has 2 fully saturated rings. The van der Waals surface area contributed by atoms with Gasteiger partial charge in [0.1, 0.15) is 11.9 Å². The van der Waals surface area contributed by atoms with Crippen LogP contribution in [0.5, 0.6) is 5.75 Å². The zero-order valence-corrected chi connectivity index (χ0v) is 16.8. The lowest BCUT2D eigenvalue weighted by molar-refractivity contribution is -0.134. The summed E-state index contributed by atoms with van der Waals surface area (Å²) >= 11 is 0. The number of hydrogen-bond donors (Lipinski definition) is 1. The van der Waals surface area contributed by atoms with E-state index in [0.717, 1.165) is 24.4 Å². The van der Waals surface area contributed by atoms with Crippen molar-refractivity contribution in [3.8, 4) is 5.75 Å². The number of piperidine rings is 1. The molecule has 1 aromatic carbocycles. The molecule has 3 aliphatic rings. The molecule has 4 rings (SSSR count). The molecule has 1 saturated carbocycles. The van der Waals surface area contributed by atoms with Gasteiger partial charge in [-0.2, -0.15) is 0 Å². The van der Waals surface area contributed by atoms with Gasteiger partial charge in [-0.1, -0.05) is 18.6 Å². The number of likely N-dealkylation sites (tertiary alicyclic amines) is 1.